The van der Waals surface area contributed by atoms with E-state index in [9.17, 15) is 4.79 Å². The van der Waals surface area contributed by atoms with Crippen LogP contribution in [-0.4, -0.2) is 45.1 Å². The molecule has 1 atom stereocenters. The summed E-state index contributed by atoms with van der Waals surface area (Å²) in [5.41, 5.74) is 1.78. The second kappa shape index (κ2) is 7.27. The van der Waals surface area contributed by atoms with Gasteiger partial charge < -0.3 is 14.4 Å². The van der Waals surface area contributed by atoms with Crippen LogP contribution in [0.3, 0.4) is 0 Å². The van der Waals surface area contributed by atoms with E-state index in [1.54, 1.807) is 19.4 Å². The summed E-state index contributed by atoms with van der Waals surface area (Å²) in [6.45, 7) is 1.62. The SMILES string of the molecule is COc1ccc(C(=O)/C=C/N(C)C)cc1CC1CCOC1. The molecule has 1 fully saturated rings. The fraction of sp³-hybridized carbons (Fsp3) is 0.471. The van der Waals surface area contributed by atoms with Gasteiger partial charge in [-0.1, -0.05) is 0 Å². The Kier molecular flexibility index (Phi) is 5.39. The molecule has 21 heavy (non-hydrogen) atoms. The molecule has 1 unspecified atom stereocenters. The first-order valence-corrected chi connectivity index (χ1v) is 7.23. The summed E-state index contributed by atoms with van der Waals surface area (Å²) in [7, 11) is 5.45. The van der Waals surface area contributed by atoms with Crippen LogP contribution in [0.25, 0.3) is 0 Å². The molecule has 0 saturated carbocycles. The lowest BCUT2D eigenvalue weighted by Gasteiger charge is -2.13. The van der Waals surface area contributed by atoms with Crippen molar-refractivity contribution in [3.05, 3.63) is 41.6 Å². The number of allylic oxidation sites excluding steroid dienone is 1. The minimum Gasteiger partial charge on any atom is -0.496 e. The number of hydrogen-bond donors (Lipinski definition) is 0. The molecular formula is C17H23NO3. The smallest absolute Gasteiger partial charge is 0.187 e. The third-order valence-corrected chi connectivity index (χ3v) is 3.62. The molecule has 114 valence electrons. The van der Waals surface area contributed by atoms with Gasteiger partial charge in [-0.2, -0.15) is 0 Å². The van der Waals surface area contributed by atoms with Crippen LogP contribution in [0.5, 0.6) is 5.75 Å². The maximum Gasteiger partial charge on any atom is 0.187 e. The number of hydrogen-bond acceptors (Lipinski definition) is 4. The standard InChI is InChI=1S/C17H23NO3/c1-18(2)8-6-16(19)14-4-5-17(20-3)15(11-14)10-13-7-9-21-12-13/h4-6,8,11,13H,7,9-10,12H2,1-3H3/b8-6+. The van der Waals surface area contributed by atoms with E-state index in [2.05, 4.69) is 0 Å². The monoisotopic (exact) mass is 289 g/mol. The summed E-state index contributed by atoms with van der Waals surface area (Å²) in [5.74, 6) is 1.37. The van der Waals surface area contributed by atoms with Crippen LogP contribution >= 0.6 is 0 Å². The molecule has 1 saturated heterocycles. The Morgan fingerprint density at radius 2 is 2.29 bits per heavy atom. The van der Waals surface area contributed by atoms with Gasteiger partial charge in [0, 0.05) is 45.1 Å². The highest BCUT2D eigenvalue weighted by Gasteiger charge is 2.18. The molecule has 0 amide bonds. The number of methoxy groups -OCH3 is 1. The summed E-state index contributed by atoms with van der Waals surface area (Å²) < 4.78 is 10.8. The van der Waals surface area contributed by atoms with Gasteiger partial charge in [-0.15, -0.1) is 0 Å². The summed E-state index contributed by atoms with van der Waals surface area (Å²) in [6.07, 6.45) is 5.31. The van der Waals surface area contributed by atoms with E-state index in [-0.39, 0.29) is 5.78 Å². The van der Waals surface area contributed by atoms with Gasteiger partial charge in [-0.05, 0) is 42.5 Å². The molecule has 4 nitrogen and oxygen atoms in total. The maximum absolute atomic E-state index is 12.2. The van der Waals surface area contributed by atoms with E-state index in [1.165, 1.54) is 0 Å². The van der Waals surface area contributed by atoms with Crippen molar-refractivity contribution in [1.82, 2.24) is 4.90 Å². The molecule has 4 heteroatoms. The Balaban J connectivity index is 2.17. The summed E-state index contributed by atoms with van der Waals surface area (Å²) in [6, 6.07) is 5.64. The molecule has 1 aliphatic heterocycles. The zero-order valence-corrected chi connectivity index (χ0v) is 13.0. The van der Waals surface area contributed by atoms with Crippen LogP contribution in [0.15, 0.2) is 30.5 Å². The zero-order chi connectivity index (χ0) is 15.2. The first kappa shape index (κ1) is 15.6. The average molecular weight is 289 g/mol. The Morgan fingerprint density at radius 3 is 2.90 bits per heavy atom. The van der Waals surface area contributed by atoms with E-state index in [0.717, 1.165) is 37.4 Å². The highest BCUT2D eigenvalue weighted by atomic mass is 16.5. The van der Waals surface area contributed by atoms with Crippen LogP contribution in [0, 0.1) is 5.92 Å². The predicted molar refractivity (Wildman–Crippen MR) is 82.8 cm³/mol. The molecule has 1 aliphatic rings. The Hall–Kier alpha value is -1.81. The van der Waals surface area contributed by atoms with Crippen LogP contribution in [0.1, 0.15) is 22.3 Å². The van der Waals surface area contributed by atoms with Crippen LogP contribution in [0.4, 0.5) is 0 Å². The van der Waals surface area contributed by atoms with Crippen molar-refractivity contribution in [2.24, 2.45) is 5.92 Å². The average Bonchev–Trinajstić information content (AvgIpc) is 2.97. The summed E-state index contributed by atoms with van der Waals surface area (Å²) in [4.78, 5) is 14.0. The van der Waals surface area contributed by atoms with E-state index < -0.39 is 0 Å². The van der Waals surface area contributed by atoms with Gasteiger partial charge in [0.15, 0.2) is 5.78 Å². The number of rotatable bonds is 6. The molecule has 1 aromatic carbocycles. The number of carbonyl (C=O) groups is 1. The minimum atomic E-state index is 0.00951. The number of ketones is 1. The topological polar surface area (TPSA) is 38.8 Å². The van der Waals surface area contributed by atoms with Crippen molar-refractivity contribution in [2.75, 3.05) is 34.4 Å². The minimum absolute atomic E-state index is 0.00951. The molecule has 0 N–H and O–H groups in total. The van der Waals surface area contributed by atoms with E-state index in [4.69, 9.17) is 9.47 Å². The maximum atomic E-state index is 12.2. The van der Waals surface area contributed by atoms with Crippen molar-refractivity contribution in [3.63, 3.8) is 0 Å². The molecular weight excluding hydrogens is 266 g/mol. The molecule has 1 aromatic rings. The highest BCUT2D eigenvalue weighted by Crippen LogP contribution is 2.26. The predicted octanol–water partition coefficient (Wildman–Crippen LogP) is 2.53. The third-order valence-electron chi connectivity index (χ3n) is 3.62. The van der Waals surface area contributed by atoms with Gasteiger partial charge in [0.05, 0.1) is 7.11 Å². The van der Waals surface area contributed by atoms with E-state index in [0.29, 0.717) is 11.5 Å². The van der Waals surface area contributed by atoms with Crippen molar-refractivity contribution in [1.29, 1.82) is 0 Å². The molecule has 0 spiro atoms. The lowest BCUT2D eigenvalue weighted by Crippen LogP contribution is -2.07. The largest absolute Gasteiger partial charge is 0.496 e. The molecule has 0 bridgehead atoms. The Labute approximate surface area is 126 Å². The van der Waals surface area contributed by atoms with Gasteiger partial charge in [-0.3, -0.25) is 4.79 Å². The fourth-order valence-corrected chi connectivity index (χ4v) is 2.46. The Morgan fingerprint density at radius 1 is 1.48 bits per heavy atom. The normalized spacial score (nSPS) is 18.1. The highest BCUT2D eigenvalue weighted by molar-refractivity contribution is 6.04. The zero-order valence-electron chi connectivity index (χ0n) is 13.0. The lowest BCUT2D eigenvalue weighted by molar-refractivity contribution is 0.104. The van der Waals surface area contributed by atoms with Gasteiger partial charge in [0.2, 0.25) is 0 Å². The first-order valence-electron chi connectivity index (χ1n) is 7.23. The summed E-state index contributed by atoms with van der Waals surface area (Å²) >= 11 is 0. The molecule has 0 aromatic heterocycles. The van der Waals surface area contributed by atoms with Crippen molar-refractivity contribution < 1.29 is 14.3 Å². The number of ether oxygens (including phenoxy) is 2. The van der Waals surface area contributed by atoms with Crippen LogP contribution in [-0.2, 0) is 11.2 Å². The number of benzene rings is 1. The van der Waals surface area contributed by atoms with Crippen molar-refractivity contribution in [3.8, 4) is 5.75 Å². The first-order chi connectivity index (χ1) is 10.1. The van der Waals surface area contributed by atoms with Crippen LogP contribution in [0.2, 0.25) is 0 Å². The second-order valence-electron chi connectivity index (χ2n) is 5.60. The van der Waals surface area contributed by atoms with E-state index in [1.807, 2.05) is 37.2 Å². The van der Waals surface area contributed by atoms with Gasteiger partial charge in [0.25, 0.3) is 0 Å². The van der Waals surface area contributed by atoms with Gasteiger partial charge in [-0.25, -0.2) is 0 Å². The summed E-state index contributed by atoms with van der Waals surface area (Å²) in [5, 5.41) is 0. The second-order valence-corrected chi connectivity index (χ2v) is 5.60. The molecule has 0 radical (unpaired) electrons. The van der Waals surface area contributed by atoms with Gasteiger partial charge in [0.1, 0.15) is 5.75 Å². The third kappa shape index (κ3) is 4.33. The quantitative estimate of drug-likeness (QED) is 0.596. The fourth-order valence-electron chi connectivity index (χ4n) is 2.46. The van der Waals surface area contributed by atoms with Crippen LogP contribution < -0.4 is 4.74 Å². The number of nitrogens with zero attached hydrogens (tertiary/aromatic N) is 1. The lowest BCUT2D eigenvalue weighted by atomic mass is 9.95. The van der Waals surface area contributed by atoms with Crippen molar-refractivity contribution >= 4 is 5.78 Å². The molecule has 0 aliphatic carbocycles. The van der Waals surface area contributed by atoms with Crippen molar-refractivity contribution in [2.45, 2.75) is 12.8 Å². The van der Waals surface area contributed by atoms with E-state index >= 15 is 0 Å². The molecule has 2 rings (SSSR count). The Bertz CT molecular complexity index is 517. The molecule has 1 heterocycles. The van der Waals surface area contributed by atoms with Gasteiger partial charge >= 0.3 is 0 Å². The number of carbonyl (C=O) groups excluding carboxylic acids is 1.